The normalized spacial score (nSPS) is 12.6. The van der Waals surface area contributed by atoms with Gasteiger partial charge in [0.15, 0.2) is 0 Å². The molecule has 122 valence electrons. The molecule has 0 heterocycles. The van der Waals surface area contributed by atoms with Gasteiger partial charge in [-0.15, -0.1) is 0 Å². The average Bonchev–Trinajstić information content (AvgIpc) is 2.47. The lowest BCUT2D eigenvalue weighted by Gasteiger charge is -2.20. The van der Waals surface area contributed by atoms with Crippen molar-refractivity contribution < 1.29 is 10.2 Å². The molecule has 1 aromatic rings. The predicted molar refractivity (Wildman–Crippen MR) is 91.7 cm³/mol. The molecular weight excluding hydrogens is 298 g/mol. The molecule has 4 N–H and O–H groups in total. The lowest BCUT2D eigenvalue weighted by molar-refractivity contribution is 0.0807. The first-order valence-corrected chi connectivity index (χ1v) is 8.26. The quantitative estimate of drug-likeness (QED) is 0.674. The molecule has 0 amide bonds. The summed E-state index contributed by atoms with van der Waals surface area (Å²) in [5.74, 6) is 6.01. The monoisotopic (exact) mass is 323 g/mol. The van der Waals surface area contributed by atoms with Crippen LogP contribution in [0.5, 0.6) is 0 Å². The Morgan fingerprint density at radius 1 is 1.27 bits per heavy atom. The smallest absolute Gasteiger partial charge is 0.125 e. The first kappa shape index (κ1) is 19.0. The molecule has 0 aromatic heterocycles. The van der Waals surface area contributed by atoms with Crippen molar-refractivity contribution in [3.63, 3.8) is 0 Å². The number of hydrogen-bond donors (Lipinski definition) is 3. The number of halogens is 1. The van der Waals surface area contributed by atoms with Gasteiger partial charge in [-0.05, 0) is 44.0 Å². The third kappa shape index (κ3) is 5.62. The Hall–Kier alpha value is -1.05. The fourth-order valence-electron chi connectivity index (χ4n) is 2.46. The fraction of sp³-hybridized carbons (Fsp3) is 0.556. The standard InChI is InChI=1S/C18H26ClNO2/c1-3-9-18(22,10-4-2)11-7-14-5-6-16(19)15(13-14)17(21)8-12-20/h5-6,13,17,21-22H,3-4,8-10,12,20H2,1-2H3. The van der Waals surface area contributed by atoms with Gasteiger partial charge in [0.1, 0.15) is 5.60 Å². The maximum absolute atomic E-state index is 10.5. The van der Waals surface area contributed by atoms with Gasteiger partial charge in [0.2, 0.25) is 0 Å². The lowest BCUT2D eigenvalue weighted by atomic mass is 9.93. The van der Waals surface area contributed by atoms with E-state index < -0.39 is 11.7 Å². The first-order chi connectivity index (χ1) is 10.5. The molecule has 3 nitrogen and oxygen atoms in total. The Labute approximate surface area is 138 Å². The Kier molecular flexibility index (Phi) is 7.92. The number of hydrogen-bond acceptors (Lipinski definition) is 3. The topological polar surface area (TPSA) is 66.5 Å². The van der Waals surface area contributed by atoms with E-state index in [1.165, 1.54) is 0 Å². The maximum atomic E-state index is 10.5. The predicted octanol–water partition coefficient (Wildman–Crippen LogP) is 3.41. The van der Waals surface area contributed by atoms with Crippen molar-refractivity contribution >= 4 is 11.6 Å². The summed E-state index contributed by atoms with van der Waals surface area (Å²) in [5.41, 5.74) is 5.90. The van der Waals surface area contributed by atoms with Crippen LogP contribution in [-0.2, 0) is 0 Å². The highest BCUT2D eigenvalue weighted by atomic mass is 35.5. The number of benzene rings is 1. The van der Waals surface area contributed by atoms with Crippen LogP contribution in [0.3, 0.4) is 0 Å². The van der Waals surface area contributed by atoms with Crippen molar-refractivity contribution in [1.82, 2.24) is 0 Å². The Morgan fingerprint density at radius 2 is 1.91 bits per heavy atom. The molecule has 0 aliphatic rings. The molecule has 4 heteroatoms. The van der Waals surface area contributed by atoms with Crippen LogP contribution in [0, 0.1) is 11.8 Å². The van der Waals surface area contributed by atoms with Crippen molar-refractivity contribution in [3.8, 4) is 11.8 Å². The molecule has 0 saturated heterocycles. The molecule has 0 aliphatic heterocycles. The van der Waals surface area contributed by atoms with Crippen molar-refractivity contribution in [2.24, 2.45) is 5.73 Å². The SMILES string of the molecule is CCCC(O)(C#Cc1ccc(Cl)c(C(O)CCN)c1)CCC. The molecule has 0 saturated carbocycles. The fourth-order valence-corrected chi connectivity index (χ4v) is 2.70. The van der Waals surface area contributed by atoms with Crippen LogP contribution in [0.1, 0.15) is 63.2 Å². The third-order valence-electron chi connectivity index (χ3n) is 3.56. The second kappa shape index (κ2) is 9.17. The number of aliphatic hydroxyl groups is 2. The molecule has 0 aliphatic carbocycles. The van der Waals surface area contributed by atoms with Crippen LogP contribution in [0.2, 0.25) is 5.02 Å². The molecule has 0 spiro atoms. The van der Waals surface area contributed by atoms with Crippen LogP contribution < -0.4 is 5.73 Å². The van der Waals surface area contributed by atoms with Gasteiger partial charge in [0.25, 0.3) is 0 Å². The molecule has 1 aromatic carbocycles. The van der Waals surface area contributed by atoms with E-state index in [0.717, 1.165) is 18.4 Å². The second-order valence-corrected chi connectivity index (χ2v) is 6.02. The van der Waals surface area contributed by atoms with Gasteiger partial charge in [-0.3, -0.25) is 0 Å². The summed E-state index contributed by atoms with van der Waals surface area (Å²) >= 11 is 6.12. The summed E-state index contributed by atoms with van der Waals surface area (Å²) in [6, 6.07) is 5.29. The van der Waals surface area contributed by atoms with Gasteiger partial charge in [0, 0.05) is 16.1 Å². The van der Waals surface area contributed by atoms with Crippen molar-refractivity contribution in [2.45, 2.75) is 57.7 Å². The Bertz CT molecular complexity index is 528. The molecule has 1 rings (SSSR count). The van der Waals surface area contributed by atoms with E-state index in [2.05, 4.69) is 11.8 Å². The van der Waals surface area contributed by atoms with E-state index in [4.69, 9.17) is 17.3 Å². The summed E-state index contributed by atoms with van der Waals surface area (Å²) in [4.78, 5) is 0. The lowest BCUT2D eigenvalue weighted by Crippen LogP contribution is -2.25. The van der Waals surface area contributed by atoms with Crippen molar-refractivity contribution in [2.75, 3.05) is 6.54 Å². The van der Waals surface area contributed by atoms with E-state index in [0.29, 0.717) is 36.4 Å². The first-order valence-electron chi connectivity index (χ1n) is 7.89. The largest absolute Gasteiger partial charge is 0.388 e. The number of rotatable bonds is 7. The third-order valence-corrected chi connectivity index (χ3v) is 3.91. The summed E-state index contributed by atoms with van der Waals surface area (Å²) in [5, 5.41) is 21.1. The molecule has 0 bridgehead atoms. The minimum absolute atomic E-state index is 0.389. The van der Waals surface area contributed by atoms with E-state index in [-0.39, 0.29) is 0 Å². The van der Waals surface area contributed by atoms with Gasteiger partial charge in [0.05, 0.1) is 6.10 Å². The van der Waals surface area contributed by atoms with Gasteiger partial charge < -0.3 is 15.9 Å². The van der Waals surface area contributed by atoms with Gasteiger partial charge in [-0.1, -0.05) is 50.1 Å². The van der Waals surface area contributed by atoms with Gasteiger partial charge >= 0.3 is 0 Å². The Morgan fingerprint density at radius 3 is 2.45 bits per heavy atom. The van der Waals surface area contributed by atoms with Crippen LogP contribution in [0.15, 0.2) is 18.2 Å². The molecule has 1 atom stereocenters. The Balaban J connectivity index is 3.04. The number of aliphatic hydroxyl groups excluding tert-OH is 1. The molecular formula is C18H26ClNO2. The zero-order valence-electron chi connectivity index (χ0n) is 13.4. The van der Waals surface area contributed by atoms with E-state index in [1.807, 2.05) is 13.8 Å². The second-order valence-electron chi connectivity index (χ2n) is 5.61. The van der Waals surface area contributed by atoms with Crippen LogP contribution >= 0.6 is 11.6 Å². The minimum Gasteiger partial charge on any atom is -0.388 e. The van der Waals surface area contributed by atoms with Crippen molar-refractivity contribution in [1.29, 1.82) is 0 Å². The minimum atomic E-state index is -0.945. The zero-order valence-corrected chi connectivity index (χ0v) is 14.2. The molecule has 0 fully saturated rings. The summed E-state index contributed by atoms with van der Waals surface area (Å²) in [6.45, 7) is 4.46. The van der Waals surface area contributed by atoms with Gasteiger partial charge in [-0.25, -0.2) is 0 Å². The van der Waals surface area contributed by atoms with Crippen LogP contribution in [0.25, 0.3) is 0 Å². The van der Waals surface area contributed by atoms with Crippen LogP contribution in [-0.4, -0.2) is 22.4 Å². The summed E-state index contributed by atoms with van der Waals surface area (Å²) in [6.07, 6.45) is 2.84. The highest BCUT2D eigenvalue weighted by molar-refractivity contribution is 6.31. The molecule has 1 unspecified atom stereocenters. The van der Waals surface area contributed by atoms with E-state index in [9.17, 15) is 10.2 Å². The molecule has 0 radical (unpaired) electrons. The maximum Gasteiger partial charge on any atom is 0.125 e. The van der Waals surface area contributed by atoms with E-state index in [1.54, 1.807) is 18.2 Å². The average molecular weight is 324 g/mol. The summed E-state index contributed by atoms with van der Waals surface area (Å²) in [7, 11) is 0. The van der Waals surface area contributed by atoms with E-state index >= 15 is 0 Å². The summed E-state index contributed by atoms with van der Waals surface area (Å²) < 4.78 is 0. The van der Waals surface area contributed by atoms with Crippen molar-refractivity contribution in [3.05, 3.63) is 34.3 Å². The number of nitrogens with two attached hydrogens (primary N) is 1. The highest BCUT2D eigenvalue weighted by Crippen LogP contribution is 2.26. The van der Waals surface area contributed by atoms with Crippen LogP contribution in [0.4, 0.5) is 0 Å². The zero-order chi connectivity index (χ0) is 16.6. The molecule has 22 heavy (non-hydrogen) atoms. The highest BCUT2D eigenvalue weighted by Gasteiger charge is 2.21. The van der Waals surface area contributed by atoms with Gasteiger partial charge in [-0.2, -0.15) is 0 Å².